The topological polar surface area (TPSA) is 46.2 Å². The van der Waals surface area contributed by atoms with Crippen molar-refractivity contribution in [3.63, 3.8) is 0 Å². The monoisotopic (exact) mass is 149 g/mol. The quantitative estimate of drug-likeness (QED) is 0.583. The van der Waals surface area contributed by atoms with Gasteiger partial charge in [0.15, 0.2) is 0 Å². The van der Waals surface area contributed by atoms with Gasteiger partial charge in [0.05, 0.1) is 0 Å². The van der Waals surface area contributed by atoms with Crippen LogP contribution in [-0.4, -0.2) is 16.9 Å². The fourth-order valence-electron chi connectivity index (χ4n) is 0.708. The smallest absolute Gasteiger partial charge is 0.0198 e. The van der Waals surface area contributed by atoms with Crippen LogP contribution >= 0.6 is 12.0 Å². The van der Waals surface area contributed by atoms with Crippen LogP contribution in [0.3, 0.4) is 0 Å². The van der Waals surface area contributed by atoms with Crippen LogP contribution in [-0.2, 0) is 0 Å². The van der Waals surface area contributed by atoms with Gasteiger partial charge in [-0.3, -0.25) is 0 Å². The van der Waals surface area contributed by atoms with Gasteiger partial charge in [-0.2, -0.15) is 0 Å². The lowest BCUT2D eigenvalue weighted by atomic mass is 10.0. The molecule has 0 bridgehead atoms. The zero-order valence-corrected chi connectivity index (χ0v) is 6.66. The molecule has 0 aromatic heterocycles. The van der Waals surface area contributed by atoms with Gasteiger partial charge in [-0.05, 0) is 30.9 Å². The first kappa shape index (κ1) is 9.27. The molecular formula is C6H15NOS. The summed E-state index contributed by atoms with van der Waals surface area (Å²) in [6, 6.07) is 0. The molecule has 9 heavy (non-hydrogen) atoms. The van der Waals surface area contributed by atoms with Gasteiger partial charge in [0.1, 0.15) is 0 Å². The van der Waals surface area contributed by atoms with Gasteiger partial charge < -0.3 is 10.3 Å². The summed E-state index contributed by atoms with van der Waals surface area (Å²) in [4.78, 5) is 0. The van der Waals surface area contributed by atoms with Crippen molar-refractivity contribution in [2.24, 2.45) is 11.7 Å². The Balaban J connectivity index is 3.09. The minimum atomic E-state index is 0.602. The summed E-state index contributed by atoms with van der Waals surface area (Å²) < 4.78 is 8.38. The molecule has 0 saturated carbocycles. The largest absolute Gasteiger partial charge is 0.330 e. The molecular weight excluding hydrogens is 134 g/mol. The standard InChI is InChI=1S/C6H15NOS/c1-2-6(5-7)3-4-9-8/h6,8H,2-5,7H2,1H3. The number of nitrogens with two attached hydrogens (primary N) is 1. The average molecular weight is 149 g/mol. The van der Waals surface area contributed by atoms with E-state index in [1.54, 1.807) is 0 Å². The van der Waals surface area contributed by atoms with Crippen LogP contribution in [0.2, 0.25) is 0 Å². The van der Waals surface area contributed by atoms with Crippen molar-refractivity contribution >= 4 is 12.0 Å². The molecule has 0 aliphatic carbocycles. The highest BCUT2D eigenvalue weighted by Crippen LogP contribution is 2.08. The highest BCUT2D eigenvalue weighted by Gasteiger charge is 2.01. The van der Waals surface area contributed by atoms with Crippen molar-refractivity contribution in [2.45, 2.75) is 19.8 Å². The maximum atomic E-state index is 8.38. The van der Waals surface area contributed by atoms with Crippen LogP contribution in [0.25, 0.3) is 0 Å². The predicted molar refractivity (Wildman–Crippen MR) is 42.5 cm³/mol. The molecule has 3 N–H and O–H groups in total. The molecule has 0 aliphatic heterocycles. The number of hydrogen-bond donors (Lipinski definition) is 2. The summed E-state index contributed by atoms with van der Waals surface area (Å²) in [6.07, 6.45) is 2.16. The fraction of sp³-hybridized carbons (Fsp3) is 1.00. The lowest BCUT2D eigenvalue weighted by Gasteiger charge is -2.08. The third-order valence-corrected chi connectivity index (χ3v) is 1.95. The molecule has 56 valence electrons. The van der Waals surface area contributed by atoms with Crippen molar-refractivity contribution < 1.29 is 4.55 Å². The molecule has 3 heteroatoms. The van der Waals surface area contributed by atoms with Gasteiger partial charge in [0, 0.05) is 5.75 Å². The van der Waals surface area contributed by atoms with Crippen molar-refractivity contribution in [3.05, 3.63) is 0 Å². The van der Waals surface area contributed by atoms with Gasteiger partial charge in [-0.25, -0.2) is 0 Å². The zero-order valence-electron chi connectivity index (χ0n) is 5.84. The molecule has 0 fully saturated rings. The molecule has 0 heterocycles. The molecule has 0 rings (SSSR count). The van der Waals surface area contributed by atoms with E-state index >= 15 is 0 Å². The SMILES string of the molecule is CCC(CN)CCSO. The maximum absolute atomic E-state index is 8.38. The second-order valence-electron chi connectivity index (χ2n) is 2.13. The first-order chi connectivity index (χ1) is 4.35. The van der Waals surface area contributed by atoms with Crippen LogP contribution in [0.5, 0.6) is 0 Å². The number of rotatable bonds is 5. The highest BCUT2D eigenvalue weighted by molar-refractivity contribution is 7.93. The molecule has 0 aromatic rings. The van der Waals surface area contributed by atoms with E-state index in [0.29, 0.717) is 5.92 Å². The van der Waals surface area contributed by atoms with Gasteiger partial charge in [-0.15, -0.1) is 0 Å². The average Bonchev–Trinajstić information content (AvgIpc) is 1.91. The summed E-state index contributed by atoms with van der Waals surface area (Å²) >= 11 is 0.905. The van der Waals surface area contributed by atoms with E-state index in [-0.39, 0.29) is 0 Å². The summed E-state index contributed by atoms with van der Waals surface area (Å²) in [7, 11) is 0. The molecule has 0 radical (unpaired) electrons. The van der Waals surface area contributed by atoms with E-state index in [1.807, 2.05) is 0 Å². The van der Waals surface area contributed by atoms with Gasteiger partial charge in [0.2, 0.25) is 0 Å². The summed E-state index contributed by atoms with van der Waals surface area (Å²) in [6.45, 7) is 2.87. The third kappa shape index (κ3) is 4.75. The Hall–Kier alpha value is 0.270. The molecule has 0 saturated heterocycles. The Morgan fingerprint density at radius 1 is 1.67 bits per heavy atom. The van der Waals surface area contributed by atoms with Crippen molar-refractivity contribution in [3.8, 4) is 0 Å². The van der Waals surface area contributed by atoms with Crippen molar-refractivity contribution in [1.29, 1.82) is 0 Å². The highest BCUT2D eigenvalue weighted by atomic mass is 32.2. The van der Waals surface area contributed by atoms with Gasteiger partial charge >= 0.3 is 0 Å². The van der Waals surface area contributed by atoms with E-state index in [1.165, 1.54) is 0 Å². The van der Waals surface area contributed by atoms with Crippen LogP contribution in [0, 0.1) is 5.92 Å². The van der Waals surface area contributed by atoms with Crippen LogP contribution in [0.15, 0.2) is 0 Å². The first-order valence-electron chi connectivity index (χ1n) is 3.31. The zero-order chi connectivity index (χ0) is 7.11. The van der Waals surface area contributed by atoms with Crippen LogP contribution < -0.4 is 5.73 Å². The molecule has 0 aromatic carbocycles. The minimum absolute atomic E-state index is 0.602. The summed E-state index contributed by atoms with van der Waals surface area (Å²) in [5.74, 6) is 1.42. The Morgan fingerprint density at radius 2 is 2.33 bits per heavy atom. The summed E-state index contributed by atoms with van der Waals surface area (Å²) in [5, 5.41) is 0. The lowest BCUT2D eigenvalue weighted by Crippen LogP contribution is -2.13. The van der Waals surface area contributed by atoms with Crippen molar-refractivity contribution in [1.82, 2.24) is 0 Å². The minimum Gasteiger partial charge on any atom is -0.330 e. The predicted octanol–water partition coefficient (Wildman–Crippen LogP) is 1.57. The Kier molecular flexibility index (Phi) is 6.58. The Bertz CT molecular complexity index is 57.0. The maximum Gasteiger partial charge on any atom is 0.0198 e. The second kappa shape index (κ2) is 6.39. The van der Waals surface area contributed by atoms with Gasteiger partial charge in [-0.1, -0.05) is 13.3 Å². The molecule has 1 atom stereocenters. The molecule has 2 nitrogen and oxygen atoms in total. The summed E-state index contributed by atoms with van der Waals surface area (Å²) in [5.41, 5.74) is 5.43. The lowest BCUT2D eigenvalue weighted by molar-refractivity contribution is 0.505. The first-order valence-corrected chi connectivity index (χ1v) is 4.25. The van der Waals surface area contributed by atoms with Gasteiger partial charge in [0.25, 0.3) is 0 Å². The van der Waals surface area contributed by atoms with Crippen molar-refractivity contribution in [2.75, 3.05) is 12.3 Å². The van der Waals surface area contributed by atoms with E-state index in [0.717, 1.165) is 37.2 Å². The molecule has 0 spiro atoms. The molecule has 0 amide bonds. The normalized spacial score (nSPS) is 13.7. The van der Waals surface area contributed by atoms with E-state index in [4.69, 9.17) is 10.3 Å². The van der Waals surface area contributed by atoms with E-state index in [2.05, 4.69) is 6.92 Å². The van der Waals surface area contributed by atoms with E-state index < -0.39 is 0 Å². The van der Waals surface area contributed by atoms with E-state index in [9.17, 15) is 0 Å². The molecule has 1 unspecified atom stereocenters. The number of hydrogen-bond acceptors (Lipinski definition) is 3. The third-order valence-electron chi connectivity index (χ3n) is 1.53. The Morgan fingerprint density at radius 3 is 2.67 bits per heavy atom. The fourth-order valence-corrected chi connectivity index (χ4v) is 1.15. The van der Waals surface area contributed by atoms with Crippen LogP contribution in [0.1, 0.15) is 19.8 Å². The molecule has 0 aliphatic rings. The second-order valence-corrected chi connectivity index (χ2v) is 2.80. The Labute approximate surface area is 61.0 Å². The van der Waals surface area contributed by atoms with Crippen LogP contribution in [0.4, 0.5) is 0 Å².